The van der Waals surface area contributed by atoms with Crippen molar-refractivity contribution in [3.63, 3.8) is 0 Å². The molecule has 8 heavy (non-hydrogen) atoms. The highest BCUT2D eigenvalue weighted by atomic mass is 28.2. The molecule has 0 aliphatic rings. The van der Waals surface area contributed by atoms with E-state index in [1.807, 2.05) is 0 Å². The van der Waals surface area contributed by atoms with Crippen LogP contribution in [0.5, 0.6) is 0 Å². The van der Waals surface area contributed by atoms with Gasteiger partial charge in [-0.3, -0.25) is 0 Å². The van der Waals surface area contributed by atoms with Gasteiger partial charge in [-0.1, -0.05) is 13.8 Å². The summed E-state index contributed by atoms with van der Waals surface area (Å²) in [6, 6.07) is 0. The molecular weight excluding hydrogens is 114 g/mol. The van der Waals surface area contributed by atoms with Crippen molar-refractivity contribution >= 4 is 10.4 Å². The Labute approximate surface area is 55.4 Å². The van der Waals surface area contributed by atoms with Gasteiger partial charge in [0.15, 0.2) is 0 Å². The van der Waals surface area contributed by atoms with Crippen molar-refractivity contribution in [2.45, 2.75) is 26.7 Å². The van der Waals surface area contributed by atoms with Crippen LogP contribution in [0, 0.1) is 5.92 Å². The van der Waals surface area contributed by atoms with E-state index in [1.54, 1.807) is 0 Å². The van der Waals surface area contributed by atoms with E-state index in [0.29, 0.717) is 0 Å². The third-order valence-corrected chi connectivity index (χ3v) is 1.71. The molecule has 0 unspecified atom stereocenters. The zero-order valence-electron chi connectivity index (χ0n) is 6.20. The van der Waals surface area contributed by atoms with E-state index >= 15 is 0 Å². The highest BCUT2D eigenvalue weighted by Crippen LogP contribution is 2.00. The standard InChI is InChI=1S/C6H17NSi/c1-6(2)4-3-5-7-8/h6-7H,3-5H2,1-2,8H3. The number of nitrogens with one attached hydrogen (secondary N) is 1. The maximum absolute atomic E-state index is 3.26. The molecule has 0 aromatic heterocycles. The first kappa shape index (κ1) is 8.18. The molecule has 0 aliphatic carbocycles. The fourth-order valence-electron chi connectivity index (χ4n) is 0.687. The first-order valence-corrected chi connectivity index (χ1v) is 4.42. The van der Waals surface area contributed by atoms with E-state index in [1.165, 1.54) is 19.4 Å². The molecule has 0 aliphatic heterocycles. The molecular formula is C6H17NSi. The lowest BCUT2D eigenvalue weighted by molar-refractivity contribution is 0.554. The lowest BCUT2D eigenvalue weighted by Gasteiger charge is -2.01. The number of hydrogen-bond acceptors (Lipinski definition) is 1. The molecule has 0 aromatic rings. The van der Waals surface area contributed by atoms with Gasteiger partial charge in [0.2, 0.25) is 0 Å². The fraction of sp³-hybridized carbons (Fsp3) is 1.00. The summed E-state index contributed by atoms with van der Waals surface area (Å²) < 4.78 is 0. The molecule has 0 spiro atoms. The van der Waals surface area contributed by atoms with Crippen LogP contribution in [-0.4, -0.2) is 16.9 Å². The van der Waals surface area contributed by atoms with Crippen molar-refractivity contribution in [1.82, 2.24) is 4.98 Å². The maximum Gasteiger partial charge on any atom is 0.0749 e. The fourth-order valence-corrected chi connectivity index (χ4v) is 1.04. The maximum atomic E-state index is 3.26. The summed E-state index contributed by atoms with van der Waals surface area (Å²) in [6.07, 6.45) is 2.72. The minimum absolute atomic E-state index is 0.880. The van der Waals surface area contributed by atoms with Crippen LogP contribution >= 0.6 is 0 Å². The molecule has 1 nitrogen and oxygen atoms in total. The molecule has 0 atom stereocenters. The summed E-state index contributed by atoms with van der Waals surface area (Å²) in [6.45, 7) is 5.77. The molecule has 0 heterocycles. The van der Waals surface area contributed by atoms with E-state index < -0.39 is 0 Å². The Kier molecular flexibility index (Phi) is 5.43. The van der Waals surface area contributed by atoms with Gasteiger partial charge >= 0.3 is 0 Å². The molecule has 0 radical (unpaired) electrons. The second-order valence-corrected chi connectivity index (χ2v) is 3.35. The predicted molar refractivity (Wildman–Crippen MR) is 42.0 cm³/mol. The smallest absolute Gasteiger partial charge is 0.0749 e. The van der Waals surface area contributed by atoms with Crippen molar-refractivity contribution in [1.29, 1.82) is 0 Å². The van der Waals surface area contributed by atoms with Crippen LogP contribution in [-0.2, 0) is 0 Å². The van der Waals surface area contributed by atoms with E-state index in [4.69, 9.17) is 0 Å². The SMILES string of the molecule is CC(C)CCCN[SiH3]. The summed E-state index contributed by atoms with van der Waals surface area (Å²) in [4.78, 5) is 3.26. The van der Waals surface area contributed by atoms with Gasteiger partial charge in [0.1, 0.15) is 0 Å². The molecule has 1 N–H and O–H groups in total. The van der Waals surface area contributed by atoms with E-state index in [2.05, 4.69) is 18.8 Å². The Hall–Kier alpha value is 0.177. The highest BCUT2D eigenvalue weighted by Gasteiger charge is 1.90. The van der Waals surface area contributed by atoms with Crippen molar-refractivity contribution in [2.75, 3.05) is 6.54 Å². The largest absolute Gasteiger partial charge is 0.345 e. The summed E-state index contributed by atoms with van der Waals surface area (Å²) in [5.74, 6) is 0.880. The third kappa shape index (κ3) is 6.18. The molecule has 0 aromatic carbocycles. The number of rotatable bonds is 4. The first-order valence-electron chi connectivity index (χ1n) is 3.42. The summed E-state index contributed by atoms with van der Waals surface area (Å²) in [5, 5.41) is 0. The first-order chi connectivity index (χ1) is 3.77. The average Bonchev–Trinajstić information content (AvgIpc) is 1.66. The molecule has 0 fully saturated rings. The Balaban J connectivity index is 2.72. The minimum Gasteiger partial charge on any atom is -0.345 e. The van der Waals surface area contributed by atoms with E-state index in [9.17, 15) is 0 Å². The Bertz CT molecular complexity index is 45.8. The Morgan fingerprint density at radius 3 is 2.50 bits per heavy atom. The lowest BCUT2D eigenvalue weighted by Crippen LogP contribution is -2.10. The summed E-state index contributed by atoms with van der Waals surface area (Å²) >= 11 is 0. The molecule has 50 valence electrons. The average molecular weight is 131 g/mol. The van der Waals surface area contributed by atoms with Gasteiger partial charge < -0.3 is 4.98 Å². The zero-order valence-corrected chi connectivity index (χ0v) is 8.20. The topological polar surface area (TPSA) is 12.0 Å². The van der Waals surface area contributed by atoms with E-state index in [0.717, 1.165) is 16.3 Å². The van der Waals surface area contributed by atoms with Crippen LogP contribution in [0.1, 0.15) is 26.7 Å². The van der Waals surface area contributed by atoms with Gasteiger partial charge in [-0.05, 0) is 25.3 Å². The Morgan fingerprint density at radius 2 is 2.12 bits per heavy atom. The molecule has 0 rings (SSSR count). The molecule has 0 saturated carbocycles. The molecule has 0 amide bonds. The van der Waals surface area contributed by atoms with E-state index in [-0.39, 0.29) is 0 Å². The van der Waals surface area contributed by atoms with Gasteiger partial charge in [-0.25, -0.2) is 0 Å². The minimum atomic E-state index is 0.880. The zero-order chi connectivity index (χ0) is 6.41. The Morgan fingerprint density at radius 1 is 1.50 bits per heavy atom. The van der Waals surface area contributed by atoms with Crippen molar-refractivity contribution < 1.29 is 0 Å². The monoisotopic (exact) mass is 131 g/mol. The third-order valence-electron chi connectivity index (χ3n) is 1.21. The van der Waals surface area contributed by atoms with Crippen LogP contribution in [0.2, 0.25) is 0 Å². The van der Waals surface area contributed by atoms with Gasteiger partial charge in [0.05, 0.1) is 10.4 Å². The van der Waals surface area contributed by atoms with Gasteiger partial charge in [-0.15, -0.1) is 0 Å². The molecule has 2 heteroatoms. The second-order valence-electron chi connectivity index (χ2n) is 2.64. The second kappa shape index (κ2) is 5.32. The van der Waals surface area contributed by atoms with Crippen LogP contribution in [0.4, 0.5) is 0 Å². The van der Waals surface area contributed by atoms with Crippen LogP contribution in [0.25, 0.3) is 0 Å². The predicted octanol–water partition coefficient (Wildman–Crippen LogP) is 0.293. The molecule has 0 saturated heterocycles. The number of hydrogen-bond donors (Lipinski definition) is 1. The lowest BCUT2D eigenvalue weighted by atomic mass is 10.1. The van der Waals surface area contributed by atoms with Gasteiger partial charge in [0, 0.05) is 0 Å². The van der Waals surface area contributed by atoms with Crippen LogP contribution in [0.15, 0.2) is 0 Å². The van der Waals surface area contributed by atoms with Crippen LogP contribution < -0.4 is 4.98 Å². The summed E-state index contributed by atoms with van der Waals surface area (Å²) in [7, 11) is 1.15. The molecule has 0 bridgehead atoms. The quantitative estimate of drug-likeness (QED) is 0.427. The van der Waals surface area contributed by atoms with Crippen molar-refractivity contribution in [3.8, 4) is 0 Å². The van der Waals surface area contributed by atoms with Gasteiger partial charge in [0.25, 0.3) is 0 Å². The van der Waals surface area contributed by atoms with Gasteiger partial charge in [-0.2, -0.15) is 0 Å². The summed E-state index contributed by atoms with van der Waals surface area (Å²) in [5.41, 5.74) is 0. The van der Waals surface area contributed by atoms with Crippen LogP contribution in [0.3, 0.4) is 0 Å². The highest BCUT2D eigenvalue weighted by molar-refractivity contribution is 6.04. The van der Waals surface area contributed by atoms with Crippen molar-refractivity contribution in [3.05, 3.63) is 0 Å². The van der Waals surface area contributed by atoms with Crippen molar-refractivity contribution in [2.24, 2.45) is 5.92 Å². The normalized spacial score (nSPS) is 10.9.